The fourth-order valence-electron chi connectivity index (χ4n) is 3.41. The van der Waals surface area contributed by atoms with Crippen molar-refractivity contribution in [3.63, 3.8) is 0 Å². The van der Waals surface area contributed by atoms with E-state index in [0.29, 0.717) is 17.0 Å². The molecule has 144 valence electrons. The lowest BCUT2D eigenvalue weighted by Crippen LogP contribution is -2.15. The minimum absolute atomic E-state index is 0.184. The fraction of sp³-hybridized carbons (Fsp3) is 0.222. The van der Waals surface area contributed by atoms with Gasteiger partial charge >= 0.3 is 0 Å². The Morgan fingerprint density at radius 1 is 1.14 bits per heavy atom. The van der Waals surface area contributed by atoms with E-state index < -0.39 is 22.9 Å². The smallest absolute Gasteiger partial charge is 0.232 e. The van der Waals surface area contributed by atoms with Crippen molar-refractivity contribution in [3.05, 3.63) is 53.9 Å². The van der Waals surface area contributed by atoms with Crippen LogP contribution in [0.5, 0.6) is 0 Å². The summed E-state index contributed by atoms with van der Waals surface area (Å²) in [6.07, 6.45) is 3.52. The standard InChI is InChI=1S/C18H15F2N5O2S/c19-12-6-15-17(7-13(12)20)25(11-2-3-11)18(23-15)24-9-21-14-4-1-10(5-16(14)24)8-22-28(26)27/h1,4-7,9,11,22H,2-3,8H2,(H,26,27). The third-order valence-electron chi connectivity index (χ3n) is 4.85. The number of halogens is 2. The molecule has 2 aromatic carbocycles. The van der Waals surface area contributed by atoms with Crippen molar-refractivity contribution in [1.82, 2.24) is 23.8 Å². The number of hydrogen-bond donors (Lipinski definition) is 2. The number of fused-ring (bicyclic) bond motifs is 2. The summed E-state index contributed by atoms with van der Waals surface area (Å²) < 4.78 is 53.5. The third-order valence-corrected chi connectivity index (χ3v) is 5.24. The van der Waals surface area contributed by atoms with Crippen LogP contribution in [0.3, 0.4) is 0 Å². The van der Waals surface area contributed by atoms with Crippen molar-refractivity contribution in [3.8, 4) is 5.95 Å². The normalized spacial score (nSPS) is 15.5. The Kier molecular flexibility index (Phi) is 4.00. The molecule has 0 saturated heterocycles. The monoisotopic (exact) mass is 403 g/mol. The van der Waals surface area contributed by atoms with Crippen molar-refractivity contribution in [1.29, 1.82) is 0 Å². The first-order chi connectivity index (χ1) is 13.5. The molecule has 1 aliphatic carbocycles. The van der Waals surface area contributed by atoms with Gasteiger partial charge in [0.2, 0.25) is 17.2 Å². The molecule has 2 aromatic heterocycles. The first-order valence-electron chi connectivity index (χ1n) is 8.69. The Morgan fingerprint density at radius 3 is 2.68 bits per heavy atom. The van der Waals surface area contributed by atoms with E-state index in [-0.39, 0.29) is 12.6 Å². The predicted molar refractivity (Wildman–Crippen MR) is 100 cm³/mol. The molecule has 0 aliphatic heterocycles. The second-order valence-corrected chi connectivity index (χ2v) is 7.56. The Hall–Kier alpha value is -2.69. The summed E-state index contributed by atoms with van der Waals surface area (Å²) in [6.45, 7) is 0.208. The van der Waals surface area contributed by atoms with Crippen LogP contribution in [0.4, 0.5) is 8.78 Å². The Morgan fingerprint density at radius 2 is 1.93 bits per heavy atom. The molecule has 2 N–H and O–H groups in total. The van der Waals surface area contributed by atoms with E-state index in [1.54, 1.807) is 10.9 Å². The number of nitrogens with one attached hydrogen (secondary N) is 1. The molecule has 1 aliphatic rings. The summed E-state index contributed by atoms with van der Waals surface area (Å²) in [5.74, 6) is -1.29. The van der Waals surface area contributed by atoms with Gasteiger partial charge in [0.15, 0.2) is 11.6 Å². The molecular formula is C18H15F2N5O2S. The zero-order chi connectivity index (χ0) is 19.4. The molecule has 2 heterocycles. The third kappa shape index (κ3) is 2.89. The maximum Gasteiger partial charge on any atom is 0.232 e. The lowest BCUT2D eigenvalue weighted by Gasteiger charge is -2.09. The number of aromatic nitrogens is 4. The van der Waals surface area contributed by atoms with E-state index in [2.05, 4.69) is 14.7 Å². The van der Waals surface area contributed by atoms with Crippen LogP contribution in [0.1, 0.15) is 24.4 Å². The highest BCUT2D eigenvalue weighted by molar-refractivity contribution is 7.77. The van der Waals surface area contributed by atoms with Gasteiger partial charge in [-0.2, -0.15) is 0 Å². The minimum Gasteiger partial charge on any atom is -0.306 e. The maximum absolute atomic E-state index is 13.8. The number of benzene rings is 2. The zero-order valence-corrected chi connectivity index (χ0v) is 15.3. The molecule has 0 amide bonds. The van der Waals surface area contributed by atoms with Crippen molar-refractivity contribution in [2.75, 3.05) is 0 Å². The molecule has 7 nitrogen and oxygen atoms in total. The molecule has 28 heavy (non-hydrogen) atoms. The number of rotatable bonds is 5. The van der Waals surface area contributed by atoms with E-state index in [4.69, 9.17) is 4.55 Å². The first-order valence-corrected chi connectivity index (χ1v) is 9.79. The molecule has 0 spiro atoms. The van der Waals surface area contributed by atoms with Gasteiger partial charge < -0.3 is 4.57 Å². The molecule has 1 fully saturated rings. The highest BCUT2D eigenvalue weighted by Crippen LogP contribution is 2.40. The van der Waals surface area contributed by atoms with Gasteiger partial charge in [-0.05, 0) is 30.5 Å². The second kappa shape index (κ2) is 6.43. The summed E-state index contributed by atoms with van der Waals surface area (Å²) in [6, 6.07) is 7.95. The topological polar surface area (TPSA) is 85.0 Å². The molecular weight excluding hydrogens is 388 g/mol. The second-order valence-electron chi connectivity index (χ2n) is 6.78. The number of nitrogens with zero attached hydrogens (tertiary/aromatic N) is 4. The van der Waals surface area contributed by atoms with Gasteiger partial charge in [-0.25, -0.2) is 27.7 Å². The van der Waals surface area contributed by atoms with Gasteiger partial charge in [-0.15, -0.1) is 0 Å². The highest BCUT2D eigenvalue weighted by Gasteiger charge is 2.30. The van der Waals surface area contributed by atoms with E-state index in [9.17, 15) is 13.0 Å². The van der Waals surface area contributed by atoms with Gasteiger partial charge in [0, 0.05) is 24.7 Å². The van der Waals surface area contributed by atoms with Gasteiger partial charge in [0.1, 0.15) is 6.33 Å². The highest BCUT2D eigenvalue weighted by atomic mass is 32.2. The summed E-state index contributed by atoms with van der Waals surface area (Å²) in [5.41, 5.74) is 3.20. The van der Waals surface area contributed by atoms with Crippen molar-refractivity contribution in [2.24, 2.45) is 0 Å². The van der Waals surface area contributed by atoms with Crippen LogP contribution in [0, 0.1) is 11.6 Å². The summed E-state index contributed by atoms with van der Waals surface area (Å²) in [7, 11) is 0. The van der Waals surface area contributed by atoms with Crippen LogP contribution < -0.4 is 4.72 Å². The molecule has 1 unspecified atom stereocenters. The molecule has 0 radical (unpaired) electrons. The maximum atomic E-state index is 13.8. The Balaban J connectivity index is 1.69. The van der Waals surface area contributed by atoms with Crippen LogP contribution in [0.25, 0.3) is 28.0 Å². The lowest BCUT2D eigenvalue weighted by atomic mass is 10.2. The predicted octanol–water partition coefficient (Wildman–Crippen LogP) is 3.21. The van der Waals surface area contributed by atoms with Crippen molar-refractivity contribution < 1.29 is 17.5 Å². The number of imidazole rings is 2. The molecule has 10 heteroatoms. The van der Waals surface area contributed by atoms with Crippen LogP contribution in [0.2, 0.25) is 0 Å². The first kappa shape index (κ1) is 17.4. The SMILES string of the molecule is O=S(O)NCc1ccc2ncn(-c3nc4cc(F)c(F)cc4n3C3CC3)c2c1. The number of hydrogen-bond acceptors (Lipinski definition) is 3. The van der Waals surface area contributed by atoms with E-state index in [1.807, 2.05) is 22.8 Å². The van der Waals surface area contributed by atoms with E-state index in [1.165, 1.54) is 6.07 Å². The molecule has 0 bridgehead atoms. The van der Waals surface area contributed by atoms with E-state index in [0.717, 1.165) is 35.5 Å². The van der Waals surface area contributed by atoms with Crippen LogP contribution >= 0.6 is 0 Å². The summed E-state index contributed by atoms with van der Waals surface area (Å²) in [5, 5.41) is 0. The molecule has 5 rings (SSSR count). The Bertz CT molecular complexity index is 1250. The summed E-state index contributed by atoms with van der Waals surface area (Å²) >= 11 is -2.11. The van der Waals surface area contributed by atoms with Crippen molar-refractivity contribution >= 4 is 33.3 Å². The van der Waals surface area contributed by atoms with Crippen molar-refractivity contribution in [2.45, 2.75) is 25.4 Å². The van der Waals surface area contributed by atoms with E-state index >= 15 is 0 Å². The van der Waals surface area contributed by atoms with Gasteiger partial charge in [0.05, 0.1) is 22.1 Å². The van der Waals surface area contributed by atoms with Gasteiger partial charge in [-0.3, -0.25) is 9.12 Å². The minimum atomic E-state index is -2.11. The average Bonchev–Trinajstić information content (AvgIpc) is 3.32. The Labute approximate surface area is 160 Å². The van der Waals surface area contributed by atoms with Gasteiger partial charge in [-0.1, -0.05) is 6.07 Å². The van der Waals surface area contributed by atoms with Gasteiger partial charge in [0.25, 0.3) is 0 Å². The zero-order valence-electron chi connectivity index (χ0n) is 14.5. The van der Waals surface area contributed by atoms with Crippen LogP contribution in [-0.2, 0) is 17.8 Å². The quantitative estimate of drug-likeness (QED) is 0.501. The average molecular weight is 403 g/mol. The molecule has 1 saturated carbocycles. The lowest BCUT2D eigenvalue weighted by molar-refractivity contribution is 0.510. The summed E-state index contributed by atoms with van der Waals surface area (Å²) in [4.78, 5) is 8.94. The molecule has 1 atom stereocenters. The van der Waals surface area contributed by atoms with Crippen LogP contribution in [0.15, 0.2) is 36.7 Å². The largest absolute Gasteiger partial charge is 0.306 e. The molecule has 4 aromatic rings. The fourth-order valence-corrected chi connectivity index (χ4v) is 3.70. The van der Waals surface area contributed by atoms with Crippen LogP contribution in [-0.4, -0.2) is 27.9 Å².